The van der Waals surface area contributed by atoms with Crippen LogP contribution in [0, 0.1) is 17.2 Å². The fraction of sp³-hybridized carbons (Fsp3) is 0.500. The van der Waals surface area contributed by atoms with E-state index in [-0.39, 0.29) is 0 Å². The van der Waals surface area contributed by atoms with Crippen LogP contribution >= 0.6 is 0 Å². The Morgan fingerprint density at radius 2 is 2.25 bits per heavy atom. The molecule has 2 N–H and O–H groups in total. The van der Waals surface area contributed by atoms with E-state index >= 15 is 0 Å². The van der Waals surface area contributed by atoms with Gasteiger partial charge in [0.1, 0.15) is 11.8 Å². The van der Waals surface area contributed by atoms with Gasteiger partial charge in [-0.1, -0.05) is 13.8 Å². The minimum atomic E-state index is 0.306. The molecule has 2 nitrogen and oxygen atoms in total. The van der Waals surface area contributed by atoms with Gasteiger partial charge in [-0.3, -0.25) is 0 Å². The Balaban J connectivity index is 3.80. The lowest BCUT2D eigenvalue weighted by Gasteiger charge is -1.91. The summed E-state index contributed by atoms with van der Waals surface area (Å²) in [5.41, 5.74) is 5.48. The molecule has 0 aromatic heterocycles. The van der Waals surface area contributed by atoms with E-state index in [0.29, 0.717) is 11.6 Å². The molecule has 0 saturated heterocycles. The Morgan fingerprint density at radius 1 is 1.75 bits per heavy atom. The van der Waals surface area contributed by atoms with Gasteiger partial charge < -0.3 is 5.73 Å². The molecule has 0 amide bonds. The highest BCUT2D eigenvalue weighted by molar-refractivity contribution is 5.16. The molecule has 2 heteroatoms. The molecule has 0 aliphatic rings. The summed E-state index contributed by atoms with van der Waals surface area (Å²) in [5, 5.41) is 8.14. The van der Waals surface area contributed by atoms with E-state index in [1.165, 1.54) is 0 Å². The zero-order valence-electron chi connectivity index (χ0n) is 5.18. The fourth-order valence-electron chi connectivity index (χ4n) is 0.396. The van der Waals surface area contributed by atoms with Gasteiger partial charge in [0.25, 0.3) is 0 Å². The molecule has 0 saturated carbocycles. The van der Waals surface area contributed by atoms with Gasteiger partial charge in [-0.25, -0.2) is 0 Å². The molecular formula is C6H10N2. The van der Waals surface area contributed by atoms with Crippen molar-refractivity contribution < 1.29 is 0 Å². The molecule has 44 valence electrons. The van der Waals surface area contributed by atoms with Crippen molar-refractivity contribution >= 4 is 0 Å². The van der Waals surface area contributed by atoms with Crippen molar-refractivity contribution in [3.05, 3.63) is 11.8 Å². The van der Waals surface area contributed by atoms with E-state index in [0.717, 1.165) is 0 Å². The summed E-state index contributed by atoms with van der Waals surface area (Å²) in [6.07, 6.45) is 1.72. The summed E-state index contributed by atoms with van der Waals surface area (Å²) in [4.78, 5) is 0. The first-order valence-corrected chi connectivity index (χ1v) is 2.54. The van der Waals surface area contributed by atoms with Crippen LogP contribution in [-0.4, -0.2) is 0 Å². The number of nitrogens with two attached hydrogens (primary N) is 1. The normalized spacial score (nSPS) is 11.5. The molecule has 0 atom stereocenters. The van der Waals surface area contributed by atoms with Crippen LogP contribution in [0.3, 0.4) is 0 Å². The SMILES string of the molecule is CC(C)C=C(N)C#N. The zero-order chi connectivity index (χ0) is 6.57. The maximum Gasteiger partial charge on any atom is 0.116 e. The van der Waals surface area contributed by atoms with Gasteiger partial charge >= 0.3 is 0 Å². The molecule has 0 heterocycles. The summed E-state index contributed by atoms with van der Waals surface area (Å²) in [6.45, 7) is 3.95. The average molecular weight is 110 g/mol. The van der Waals surface area contributed by atoms with E-state index in [2.05, 4.69) is 0 Å². The average Bonchev–Trinajstić information content (AvgIpc) is 1.65. The number of nitriles is 1. The van der Waals surface area contributed by atoms with Gasteiger partial charge in [-0.15, -0.1) is 0 Å². The fourth-order valence-corrected chi connectivity index (χ4v) is 0.396. The third kappa shape index (κ3) is 3.23. The number of rotatable bonds is 1. The van der Waals surface area contributed by atoms with Crippen LogP contribution in [0.4, 0.5) is 0 Å². The van der Waals surface area contributed by atoms with Crippen molar-refractivity contribution in [2.24, 2.45) is 11.7 Å². The quantitative estimate of drug-likeness (QED) is 0.512. The molecule has 0 bridgehead atoms. The van der Waals surface area contributed by atoms with E-state index in [4.69, 9.17) is 11.0 Å². The monoisotopic (exact) mass is 110 g/mol. The first-order chi connectivity index (χ1) is 3.66. The summed E-state index contributed by atoms with van der Waals surface area (Å²) < 4.78 is 0. The molecule has 0 radical (unpaired) electrons. The molecule has 0 rings (SSSR count). The highest BCUT2D eigenvalue weighted by atomic mass is 14.6. The van der Waals surface area contributed by atoms with Crippen LogP contribution in [0.15, 0.2) is 11.8 Å². The number of allylic oxidation sites excluding steroid dienone is 2. The number of hydrogen-bond donors (Lipinski definition) is 1. The van der Waals surface area contributed by atoms with E-state index < -0.39 is 0 Å². The van der Waals surface area contributed by atoms with Crippen molar-refractivity contribution in [2.75, 3.05) is 0 Å². The maximum atomic E-state index is 8.14. The Bertz CT molecular complexity index is 128. The van der Waals surface area contributed by atoms with Crippen LogP contribution < -0.4 is 5.73 Å². The minimum Gasteiger partial charge on any atom is -0.390 e. The molecule has 0 aromatic carbocycles. The van der Waals surface area contributed by atoms with E-state index in [1.807, 2.05) is 19.9 Å². The van der Waals surface area contributed by atoms with Gasteiger partial charge in [-0.05, 0) is 12.0 Å². The van der Waals surface area contributed by atoms with Crippen LogP contribution in [0.5, 0.6) is 0 Å². The summed E-state index contributed by atoms with van der Waals surface area (Å²) >= 11 is 0. The van der Waals surface area contributed by atoms with Crippen molar-refractivity contribution in [1.29, 1.82) is 5.26 Å². The predicted octanol–water partition coefficient (Wildman–Crippen LogP) is 1.01. The molecule has 0 spiro atoms. The standard InChI is InChI=1S/C6H10N2/c1-5(2)3-6(8)4-7/h3,5H,8H2,1-2H3. The summed E-state index contributed by atoms with van der Waals surface area (Å²) in [5.74, 6) is 0.370. The molecule has 0 aliphatic heterocycles. The number of nitrogens with zero attached hydrogens (tertiary/aromatic N) is 1. The van der Waals surface area contributed by atoms with Crippen LogP contribution in [0.2, 0.25) is 0 Å². The van der Waals surface area contributed by atoms with E-state index in [9.17, 15) is 0 Å². The second-order valence-electron chi connectivity index (χ2n) is 1.98. The molecule has 0 fully saturated rings. The van der Waals surface area contributed by atoms with Crippen LogP contribution in [-0.2, 0) is 0 Å². The Morgan fingerprint density at radius 3 is 2.38 bits per heavy atom. The first kappa shape index (κ1) is 7.03. The smallest absolute Gasteiger partial charge is 0.116 e. The zero-order valence-corrected chi connectivity index (χ0v) is 5.18. The number of hydrogen-bond acceptors (Lipinski definition) is 2. The molecule has 0 aromatic rings. The van der Waals surface area contributed by atoms with Crippen molar-refractivity contribution in [3.8, 4) is 6.07 Å². The van der Waals surface area contributed by atoms with Gasteiger partial charge in [0.15, 0.2) is 0 Å². The molecular weight excluding hydrogens is 100 g/mol. The largest absolute Gasteiger partial charge is 0.390 e. The lowest BCUT2D eigenvalue weighted by Crippen LogP contribution is -1.94. The Kier molecular flexibility index (Phi) is 2.71. The van der Waals surface area contributed by atoms with Crippen LogP contribution in [0.25, 0.3) is 0 Å². The van der Waals surface area contributed by atoms with Gasteiger partial charge in [-0.2, -0.15) is 5.26 Å². The van der Waals surface area contributed by atoms with Crippen molar-refractivity contribution in [3.63, 3.8) is 0 Å². The van der Waals surface area contributed by atoms with Gasteiger partial charge in [0, 0.05) is 0 Å². The molecule has 8 heavy (non-hydrogen) atoms. The lowest BCUT2D eigenvalue weighted by atomic mass is 10.2. The second kappa shape index (κ2) is 3.09. The third-order valence-electron chi connectivity index (χ3n) is 0.642. The highest BCUT2D eigenvalue weighted by Gasteiger charge is 1.87. The third-order valence-corrected chi connectivity index (χ3v) is 0.642. The van der Waals surface area contributed by atoms with Crippen molar-refractivity contribution in [2.45, 2.75) is 13.8 Å². The Labute approximate surface area is 49.6 Å². The predicted molar refractivity (Wildman–Crippen MR) is 32.7 cm³/mol. The van der Waals surface area contributed by atoms with Gasteiger partial charge in [0.2, 0.25) is 0 Å². The maximum absolute atomic E-state index is 8.14. The topological polar surface area (TPSA) is 49.8 Å². The lowest BCUT2D eigenvalue weighted by molar-refractivity contribution is 0.824. The first-order valence-electron chi connectivity index (χ1n) is 2.54. The summed E-state index contributed by atoms with van der Waals surface area (Å²) in [6, 6.07) is 1.84. The Hall–Kier alpha value is -0.970. The van der Waals surface area contributed by atoms with E-state index in [1.54, 1.807) is 6.08 Å². The second-order valence-corrected chi connectivity index (χ2v) is 1.98. The molecule has 0 unspecified atom stereocenters. The van der Waals surface area contributed by atoms with Crippen molar-refractivity contribution in [1.82, 2.24) is 0 Å². The van der Waals surface area contributed by atoms with Gasteiger partial charge in [0.05, 0.1) is 0 Å². The minimum absolute atomic E-state index is 0.306. The summed E-state index contributed by atoms with van der Waals surface area (Å²) in [7, 11) is 0. The van der Waals surface area contributed by atoms with Crippen LogP contribution in [0.1, 0.15) is 13.8 Å². The highest BCUT2D eigenvalue weighted by Crippen LogP contribution is 1.94. The molecule has 0 aliphatic carbocycles.